The van der Waals surface area contributed by atoms with Gasteiger partial charge in [-0.15, -0.1) is 0 Å². The van der Waals surface area contributed by atoms with Crippen molar-refractivity contribution in [2.75, 3.05) is 0 Å². The van der Waals surface area contributed by atoms with Crippen LogP contribution in [0, 0.1) is 11.6 Å². The van der Waals surface area contributed by atoms with Crippen molar-refractivity contribution in [2.45, 2.75) is 13.1 Å². The number of imide groups is 1. The van der Waals surface area contributed by atoms with E-state index in [4.69, 9.17) is 52.1 Å². The molecule has 2 aromatic heterocycles. The Morgan fingerprint density at radius 1 is 0.538 bits per heavy atom. The number of halogens is 6. The molecule has 0 saturated heterocycles. The van der Waals surface area contributed by atoms with Crippen molar-refractivity contribution in [1.82, 2.24) is 24.8 Å². The van der Waals surface area contributed by atoms with Gasteiger partial charge in [-0.2, -0.15) is 0 Å². The van der Waals surface area contributed by atoms with Crippen LogP contribution in [0.15, 0.2) is 97.1 Å². The van der Waals surface area contributed by atoms with E-state index in [1.54, 1.807) is 60.7 Å². The van der Waals surface area contributed by atoms with Gasteiger partial charge in [-0.1, -0.05) is 70.7 Å². The molecular weight excluding hydrogens is 752 g/mol. The van der Waals surface area contributed by atoms with Crippen molar-refractivity contribution < 1.29 is 18.4 Å². The molecule has 0 radical (unpaired) electrons. The Morgan fingerprint density at radius 3 is 1.48 bits per heavy atom. The zero-order valence-electron chi connectivity index (χ0n) is 26.5. The van der Waals surface area contributed by atoms with Gasteiger partial charge in [0.05, 0.1) is 71.6 Å². The van der Waals surface area contributed by atoms with Gasteiger partial charge in [0.1, 0.15) is 22.7 Å². The highest BCUT2D eigenvalue weighted by Gasteiger charge is 2.36. The molecule has 2 amide bonds. The van der Waals surface area contributed by atoms with Gasteiger partial charge in [0.15, 0.2) is 0 Å². The van der Waals surface area contributed by atoms with Gasteiger partial charge in [-0.25, -0.2) is 28.7 Å². The summed E-state index contributed by atoms with van der Waals surface area (Å²) in [5, 5.41) is 1.47. The summed E-state index contributed by atoms with van der Waals surface area (Å²) in [7, 11) is 0. The van der Waals surface area contributed by atoms with Crippen molar-refractivity contribution in [2.24, 2.45) is 5.73 Å². The predicted molar refractivity (Wildman–Crippen MR) is 198 cm³/mol. The van der Waals surface area contributed by atoms with E-state index in [-0.39, 0.29) is 23.8 Å². The number of amides is 2. The minimum absolute atomic E-state index is 0.149. The third-order valence-electron chi connectivity index (χ3n) is 8.18. The number of rotatable bonds is 5. The molecule has 2 N–H and O–H groups in total. The Balaban J connectivity index is 0.000000175. The summed E-state index contributed by atoms with van der Waals surface area (Å²) in [5.41, 5.74) is 10.7. The van der Waals surface area contributed by atoms with Gasteiger partial charge in [-0.05, 0) is 72.8 Å². The summed E-state index contributed by atoms with van der Waals surface area (Å²) in [6.45, 7) is 0.0155. The van der Waals surface area contributed by atoms with Crippen LogP contribution in [0.25, 0.3) is 44.6 Å². The fourth-order valence-corrected chi connectivity index (χ4v) is 6.57. The first-order chi connectivity index (χ1) is 25.0. The summed E-state index contributed by atoms with van der Waals surface area (Å²) in [5.74, 6) is -1.76. The quantitative estimate of drug-likeness (QED) is 0.173. The topological polar surface area (TPSA) is 115 Å². The standard InChI is InChI=1S/C23H12Cl2FN3O2.C15H10Cl2FN3/c24-16-9-8-12(26)10-15(16)20-19(27-18-7-3-6-17(25)21(18)28-20)11-29-22(30)13-4-1-2-5-14(13)23(29)31;16-10-5-4-8(18)6-9(10)14-13(7-19)20-12-3-1-2-11(17)15(12)21-14/h1-10H,11H2;1-6H,7,19H2. The van der Waals surface area contributed by atoms with Crippen LogP contribution in [0.4, 0.5) is 8.78 Å². The number of fused-ring (bicyclic) bond motifs is 3. The van der Waals surface area contributed by atoms with E-state index in [1.165, 1.54) is 36.4 Å². The van der Waals surface area contributed by atoms with Gasteiger partial charge in [0.25, 0.3) is 11.8 Å². The number of aromatic nitrogens is 4. The molecular formula is C38H22Cl4F2N6O2. The largest absolute Gasteiger partial charge is 0.325 e. The summed E-state index contributed by atoms with van der Waals surface area (Å²) in [6.07, 6.45) is 0. The highest BCUT2D eigenvalue weighted by molar-refractivity contribution is 6.36. The predicted octanol–water partition coefficient (Wildman–Crippen LogP) is 9.74. The van der Waals surface area contributed by atoms with E-state index < -0.39 is 23.4 Å². The second-order valence-electron chi connectivity index (χ2n) is 11.4. The molecule has 5 aromatic carbocycles. The van der Waals surface area contributed by atoms with Crippen LogP contribution >= 0.6 is 46.4 Å². The van der Waals surface area contributed by atoms with Gasteiger partial charge in [0.2, 0.25) is 0 Å². The normalized spacial score (nSPS) is 12.3. The number of nitrogens with zero attached hydrogens (tertiary/aromatic N) is 5. The highest BCUT2D eigenvalue weighted by atomic mass is 35.5. The molecule has 3 heterocycles. The first-order valence-corrected chi connectivity index (χ1v) is 17.0. The van der Waals surface area contributed by atoms with Crippen LogP contribution in [-0.2, 0) is 13.1 Å². The number of carbonyl (C=O) groups excluding carboxylic acids is 2. The van der Waals surface area contributed by atoms with Gasteiger partial charge in [0, 0.05) is 17.7 Å². The molecule has 1 aliphatic heterocycles. The second kappa shape index (κ2) is 14.5. The van der Waals surface area contributed by atoms with Crippen LogP contribution in [0.5, 0.6) is 0 Å². The Bertz CT molecular complexity index is 2550. The van der Waals surface area contributed by atoms with E-state index in [0.29, 0.717) is 76.5 Å². The monoisotopic (exact) mass is 772 g/mol. The zero-order chi connectivity index (χ0) is 36.7. The number of nitrogens with two attached hydrogens (primary N) is 1. The average molecular weight is 774 g/mol. The van der Waals surface area contributed by atoms with Crippen molar-refractivity contribution in [3.8, 4) is 22.5 Å². The molecule has 0 fully saturated rings. The SMILES string of the molecule is NCc1nc2cccc(Cl)c2nc1-c1cc(F)ccc1Cl.O=C1c2ccccc2C(=O)N1Cc1nc2cccc(Cl)c2nc1-c1cc(F)ccc1Cl. The minimum atomic E-state index is -0.507. The Morgan fingerprint density at radius 2 is 1.00 bits per heavy atom. The summed E-state index contributed by atoms with van der Waals surface area (Å²) in [4.78, 5) is 44.9. The molecule has 0 unspecified atom stereocenters. The maximum absolute atomic E-state index is 14.0. The lowest BCUT2D eigenvalue weighted by Crippen LogP contribution is -2.30. The van der Waals surface area contributed by atoms with Gasteiger partial charge in [-0.3, -0.25) is 14.5 Å². The molecule has 0 bridgehead atoms. The fraction of sp³-hybridized carbons (Fsp3) is 0.0526. The van der Waals surface area contributed by atoms with Crippen LogP contribution in [0.2, 0.25) is 20.1 Å². The molecule has 0 aliphatic carbocycles. The minimum Gasteiger partial charge on any atom is -0.325 e. The van der Waals surface area contributed by atoms with Crippen LogP contribution in [0.3, 0.4) is 0 Å². The molecule has 7 aromatic rings. The van der Waals surface area contributed by atoms with Crippen LogP contribution in [0.1, 0.15) is 32.1 Å². The van der Waals surface area contributed by atoms with Crippen molar-refractivity contribution in [1.29, 1.82) is 0 Å². The highest BCUT2D eigenvalue weighted by Crippen LogP contribution is 2.35. The molecule has 52 heavy (non-hydrogen) atoms. The number of hydrogen-bond donors (Lipinski definition) is 1. The number of para-hydroxylation sites is 2. The molecule has 0 atom stereocenters. The molecule has 0 saturated carbocycles. The van der Waals surface area contributed by atoms with Crippen molar-refractivity contribution in [3.63, 3.8) is 0 Å². The lowest BCUT2D eigenvalue weighted by atomic mass is 10.1. The number of carbonyl (C=O) groups is 2. The van der Waals surface area contributed by atoms with E-state index in [9.17, 15) is 18.4 Å². The third-order valence-corrected chi connectivity index (χ3v) is 9.45. The lowest BCUT2D eigenvalue weighted by Gasteiger charge is -2.17. The van der Waals surface area contributed by atoms with Crippen LogP contribution in [-0.4, -0.2) is 36.7 Å². The maximum atomic E-state index is 14.0. The Kier molecular flexibility index (Phi) is 9.84. The van der Waals surface area contributed by atoms with E-state index >= 15 is 0 Å². The summed E-state index contributed by atoms with van der Waals surface area (Å²) < 4.78 is 27.5. The molecule has 0 spiro atoms. The molecule has 8 rings (SSSR count). The number of hydrogen-bond acceptors (Lipinski definition) is 7. The van der Waals surface area contributed by atoms with Crippen molar-refractivity contribution >= 4 is 80.3 Å². The summed E-state index contributed by atoms with van der Waals surface area (Å²) >= 11 is 24.9. The van der Waals surface area contributed by atoms with E-state index in [1.807, 2.05) is 0 Å². The van der Waals surface area contributed by atoms with Crippen LogP contribution < -0.4 is 5.73 Å². The second-order valence-corrected chi connectivity index (χ2v) is 13.1. The van der Waals surface area contributed by atoms with Gasteiger partial charge >= 0.3 is 0 Å². The lowest BCUT2D eigenvalue weighted by molar-refractivity contribution is 0.0640. The average Bonchev–Trinajstić information content (AvgIpc) is 3.38. The molecule has 1 aliphatic rings. The first kappa shape index (κ1) is 35.3. The maximum Gasteiger partial charge on any atom is 0.261 e. The van der Waals surface area contributed by atoms with E-state index in [0.717, 1.165) is 4.90 Å². The molecule has 258 valence electrons. The summed E-state index contributed by atoms with van der Waals surface area (Å²) in [6, 6.07) is 25.0. The fourth-order valence-electron chi connectivity index (χ4n) is 5.73. The third kappa shape index (κ3) is 6.67. The molecule has 8 nitrogen and oxygen atoms in total. The van der Waals surface area contributed by atoms with E-state index in [2.05, 4.69) is 19.9 Å². The number of benzene rings is 5. The molecule has 14 heteroatoms. The first-order valence-electron chi connectivity index (χ1n) is 15.5. The Hall–Kier alpha value is -5.10. The van der Waals surface area contributed by atoms with Crippen molar-refractivity contribution in [3.05, 3.63) is 151 Å². The smallest absolute Gasteiger partial charge is 0.261 e. The Labute approximate surface area is 314 Å². The van der Waals surface area contributed by atoms with Gasteiger partial charge < -0.3 is 5.73 Å². The zero-order valence-corrected chi connectivity index (χ0v) is 29.6.